The number of hydrogen-bond donors (Lipinski definition) is 1. The van der Waals surface area contributed by atoms with Gasteiger partial charge in [-0.3, -0.25) is 15.0 Å². The smallest absolute Gasteiger partial charge is 0.258 e. The first-order valence-electron chi connectivity index (χ1n) is 5.91. The Morgan fingerprint density at radius 2 is 1.76 bits per heavy atom. The average Bonchev–Trinajstić information content (AvgIpc) is 2.30. The van der Waals surface area contributed by atoms with Gasteiger partial charge in [0.15, 0.2) is 0 Å². The van der Waals surface area contributed by atoms with Crippen molar-refractivity contribution in [2.24, 2.45) is 0 Å². The molecule has 1 aliphatic rings. The Morgan fingerprint density at radius 1 is 1.18 bits per heavy atom. The molecule has 92 valence electrons. The summed E-state index contributed by atoms with van der Waals surface area (Å²) in [6.07, 6.45) is 6.08. The van der Waals surface area contributed by atoms with Crippen LogP contribution in [0.4, 0.5) is 5.69 Å². The second kappa shape index (κ2) is 5.11. The van der Waals surface area contributed by atoms with Crippen LogP contribution in [0.5, 0.6) is 0 Å². The molecular weight excluding hydrogens is 237 g/mol. The molecule has 1 aromatic rings. The summed E-state index contributed by atoms with van der Waals surface area (Å²) in [5.74, 6) is 0. The fourth-order valence-corrected chi connectivity index (χ4v) is 5.38. The van der Waals surface area contributed by atoms with Crippen molar-refractivity contribution in [2.75, 3.05) is 12.3 Å². The van der Waals surface area contributed by atoms with E-state index < -0.39 is 12.4 Å². The first kappa shape index (κ1) is 12.5. The summed E-state index contributed by atoms with van der Waals surface area (Å²) in [6.45, 7) is 0. The molecule has 0 aliphatic carbocycles. The lowest BCUT2D eigenvalue weighted by Gasteiger charge is -2.24. The minimum Gasteiger partial charge on any atom is -0.258 e. The number of rotatable bonds is 3. The monoisotopic (exact) mass is 254 g/mol. The molecule has 1 aromatic carbocycles. The van der Waals surface area contributed by atoms with E-state index in [0.29, 0.717) is 6.16 Å². The molecule has 1 aliphatic heterocycles. The summed E-state index contributed by atoms with van der Waals surface area (Å²) < 4.78 is 0. The Bertz CT molecular complexity index is 399. The predicted octanol–water partition coefficient (Wildman–Crippen LogP) is 3.20. The largest absolute Gasteiger partial charge is 0.269 e. The normalized spacial score (nSPS) is 18.9. The predicted molar refractivity (Wildman–Crippen MR) is 69.5 cm³/mol. The van der Waals surface area contributed by atoms with Crippen LogP contribution in [0.1, 0.15) is 24.8 Å². The first-order chi connectivity index (χ1) is 8.09. The molecule has 1 fully saturated rings. The first-order valence-corrected chi connectivity index (χ1v) is 8.21. The van der Waals surface area contributed by atoms with Crippen LogP contribution in [-0.4, -0.2) is 22.1 Å². The van der Waals surface area contributed by atoms with E-state index in [1.54, 1.807) is 12.1 Å². The standard InChI is InChI=1S/C12H17NO3P/c14-13(15)12-6-4-11(5-7-12)10-17(16)8-2-1-3-9-17/h4-7,16H,1-3,8-10H2/q+1. The van der Waals surface area contributed by atoms with Crippen LogP contribution in [0.15, 0.2) is 24.3 Å². The Kier molecular flexibility index (Phi) is 3.75. The van der Waals surface area contributed by atoms with Crippen molar-refractivity contribution in [3.8, 4) is 0 Å². The molecule has 0 saturated carbocycles. The quantitative estimate of drug-likeness (QED) is 0.511. The van der Waals surface area contributed by atoms with Crippen molar-refractivity contribution < 1.29 is 9.82 Å². The summed E-state index contributed by atoms with van der Waals surface area (Å²) in [5, 5.41) is 10.5. The lowest BCUT2D eigenvalue weighted by atomic mass is 10.2. The lowest BCUT2D eigenvalue weighted by molar-refractivity contribution is -0.384. The molecule has 0 bridgehead atoms. The molecule has 17 heavy (non-hydrogen) atoms. The van der Waals surface area contributed by atoms with E-state index in [1.807, 2.05) is 0 Å². The maximum absolute atomic E-state index is 10.5. The third kappa shape index (κ3) is 3.24. The van der Waals surface area contributed by atoms with Crippen LogP contribution >= 0.6 is 7.49 Å². The number of hydrogen-bond acceptors (Lipinski definition) is 3. The van der Waals surface area contributed by atoms with Gasteiger partial charge in [0.05, 0.1) is 17.2 Å². The molecular formula is C12H17NO3P+. The molecule has 5 heteroatoms. The van der Waals surface area contributed by atoms with Gasteiger partial charge in [0.1, 0.15) is 13.7 Å². The third-order valence-corrected chi connectivity index (χ3v) is 6.52. The molecule has 0 unspecified atom stereocenters. The molecule has 0 spiro atoms. The SMILES string of the molecule is O=[N+]([O-])c1ccc(C[P+]2(O)CCCCC2)cc1. The van der Waals surface area contributed by atoms with E-state index in [0.717, 1.165) is 30.7 Å². The van der Waals surface area contributed by atoms with Crippen LogP contribution in [-0.2, 0) is 6.16 Å². The van der Waals surface area contributed by atoms with Gasteiger partial charge >= 0.3 is 0 Å². The fourth-order valence-electron chi connectivity index (χ4n) is 2.32. The van der Waals surface area contributed by atoms with Crippen LogP contribution in [0, 0.1) is 10.1 Å². The van der Waals surface area contributed by atoms with Gasteiger partial charge in [-0.1, -0.05) is 0 Å². The number of non-ortho nitro benzene ring substituents is 1. The average molecular weight is 254 g/mol. The zero-order chi connectivity index (χ0) is 12.3. The molecule has 0 amide bonds. The number of nitrogens with zero attached hydrogens (tertiary/aromatic N) is 1. The minimum absolute atomic E-state index is 0.114. The third-order valence-electron chi connectivity index (χ3n) is 3.27. The molecule has 1 heterocycles. The van der Waals surface area contributed by atoms with E-state index in [1.165, 1.54) is 18.6 Å². The summed E-state index contributed by atoms with van der Waals surface area (Å²) in [4.78, 5) is 20.6. The Labute approximate surface area is 101 Å². The van der Waals surface area contributed by atoms with Crippen LogP contribution < -0.4 is 0 Å². The molecule has 1 saturated heterocycles. The van der Waals surface area contributed by atoms with Crippen molar-refractivity contribution in [3.63, 3.8) is 0 Å². The zero-order valence-corrected chi connectivity index (χ0v) is 10.6. The van der Waals surface area contributed by atoms with Gasteiger partial charge in [0, 0.05) is 12.1 Å². The highest BCUT2D eigenvalue weighted by Crippen LogP contribution is 2.60. The maximum atomic E-state index is 10.5. The van der Waals surface area contributed by atoms with E-state index in [9.17, 15) is 15.0 Å². The highest BCUT2D eigenvalue weighted by molar-refractivity contribution is 7.69. The van der Waals surface area contributed by atoms with E-state index in [2.05, 4.69) is 0 Å². The second-order valence-electron chi connectivity index (χ2n) is 4.68. The fraction of sp³-hybridized carbons (Fsp3) is 0.500. The van der Waals surface area contributed by atoms with Gasteiger partial charge in [-0.05, 0) is 37.0 Å². The van der Waals surface area contributed by atoms with Gasteiger partial charge in [-0.2, -0.15) is 0 Å². The van der Waals surface area contributed by atoms with E-state index in [4.69, 9.17) is 0 Å². The Hall–Kier alpha value is -0.990. The molecule has 4 nitrogen and oxygen atoms in total. The van der Waals surface area contributed by atoms with Gasteiger partial charge in [-0.25, -0.2) is 0 Å². The Morgan fingerprint density at radius 3 is 2.29 bits per heavy atom. The summed E-state index contributed by atoms with van der Waals surface area (Å²) >= 11 is 0. The van der Waals surface area contributed by atoms with Crippen molar-refractivity contribution in [3.05, 3.63) is 39.9 Å². The summed E-state index contributed by atoms with van der Waals surface area (Å²) in [7, 11) is -1.79. The topological polar surface area (TPSA) is 63.4 Å². The van der Waals surface area contributed by atoms with Crippen molar-refractivity contribution in [2.45, 2.75) is 25.4 Å². The van der Waals surface area contributed by atoms with Gasteiger partial charge < -0.3 is 0 Å². The summed E-state index contributed by atoms with van der Waals surface area (Å²) in [6, 6.07) is 6.58. The van der Waals surface area contributed by atoms with Gasteiger partial charge in [0.25, 0.3) is 5.69 Å². The minimum atomic E-state index is -1.79. The van der Waals surface area contributed by atoms with E-state index in [-0.39, 0.29) is 5.69 Å². The maximum Gasteiger partial charge on any atom is 0.269 e. The van der Waals surface area contributed by atoms with Crippen molar-refractivity contribution in [1.29, 1.82) is 0 Å². The van der Waals surface area contributed by atoms with Crippen LogP contribution in [0.2, 0.25) is 0 Å². The number of nitro groups is 1. The summed E-state index contributed by atoms with van der Waals surface area (Å²) in [5.41, 5.74) is 1.14. The molecule has 0 atom stereocenters. The van der Waals surface area contributed by atoms with E-state index >= 15 is 0 Å². The van der Waals surface area contributed by atoms with Crippen LogP contribution in [0.25, 0.3) is 0 Å². The van der Waals surface area contributed by atoms with Gasteiger partial charge in [0.2, 0.25) is 0 Å². The highest BCUT2D eigenvalue weighted by atomic mass is 31.2. The van der Waals surface area contributed by atoms with Gasteiger partial charge in [-0.15, -0.1) is 0 Å². The molecule has 1 N–H and O–H groups in total. The second-order valence-corrected chi connectivity index (χ2v) is 8.09. The number of nitro benzene ring substituents is 1. The molecule has 0 radical (unpaired) electrons. The molecule has 2 rings (SSSR count). The van der Waals surface area contributed by atoms with Crippen LogP contribution in [0.3, 0.4) is 0 Å². The lowest BCUT2D eigenvalue weighted by Crippen LogP contribution is -2.11. The molecule has 0 aromatic heterocycles. The number of benzene rings is 1. The van der Waals surface area contributed by atoms with Crippen molar-refractivity contribution in [1.82, 2.24) is 0 Å². The van der Waals surface area contributed by atoms with Crippen molar-refractivity contribution >= 4 is 13.2 Å². The zero-order valence-electron chi connectivity index (χ0n) is 9.71. The Balaban J connectivity index is 2.05. The highest BCUT2D eigenvalue weighted by Gasteiger charge is 2.37.